The van der Waals surface area contributed by atoms with E-state index >= 15 is 0 Å². The Labute approximate surface area is 157 Å². The standard InChI is InChI=1S/C22H22N2O3/c25-21(9-7-15-6-8-20-17(12-15)10-11-23-20)24-13-18(19(14-24)22(26)27)16-4-2-1-3-5-16/h1-6,8,10-12,18-19,23H,7,9,13-14H2,(H,26,27). The molecule has 1 aromatic heterocycles. The highest BCUT2D eigenvalue weighted by Gasteiger charge is 2.40. The summed E-state index contributed by atoms with van der Waals surface area (Å²) < 4.78 is 0. The number of fused-ring (bicyclic) bond motifs is 1. The van der Waals surface area contributed by atoms with Crippen LogP contribution in [0.5, 0.6) is 0 Å². The molecule has 5 heteroatoms. The van der Waals surface area contributed by atoms with Crippen LogP contribution in [0, 0.1) is 5.92 Å². The lowest BCUT2D eigenvalue weighted by Gasteiger charge is -2.16. The number of likely N-dealkylation sites (tertiary alicyclic amines) is 1. The van der Waals surface area contributed by atoms with Gasteiger partial charge in [-0.25, -0.2) is 0 Å². The summed E-state index contributed by atoms with van der Waals surface area (Å²) in [5, 5.41) is 10.7. The van der Waals surface area contributed by atoms with Gasteiger partial charge in [-0.2, -0.15) is 0 Å². The Kier molecular flexibility index (Phi) is 4.67. The lowest BCUT2D eigenvalue weighted by atomic mass is 9.89. The molecule has 4 rings (SSSR count). The molecule has 1 saturated heterocycles. The minimum atomic E-state index is -0.836. The highest BCUT2D eigenvalue weighted by Crippen LogP contribution is 2.33. The molecule has 1 aliphatic heterocycles. The zero-order valence-corrected chi connectivity index (χ0v) is 15.0. The van der Waals surface area contributed by atoms with E-state index in [-0.39, 0.29) is 18.4 Å². The van der Waals surface area contributed by atoms with Crippen LogP contribution >= 0.6 is 0 Å². The quantitative estimate of drug-likeness (QED) is 0.730. The van der Waals surface area contributed by atoms with E-state index in [0.717, 1.165) is 22.0 Å². The molecule has 0 saturated carbocycles. The van der Waals surface area contributed by atoms with Crippen molar-refractivity contribution in [2.75, 3.05) is 13.1 Å². The highest BCUT2D eigenvalue weighted by molar-refractivity contribution is 5.81. The van der Waals surface area contributed by atoms with Crippen LogP contribution < -0.4 is 0 Å². The fourth-order valence-electron chi connectivity index (χ4n) is 3.96. The monoisotopic (exact) mass is 362 g/mol. The van der Waals surface area contributed by atoms with E-state index in [2.05, 4.69) is 11.1 Å². The summed E-state index contributed by atoms with van der Waals surface area (Å²) in [7, 11) is 0. The van der Waals surface area contributed by atoms with Gasteiger partial charge in [0.2, 0.25) is 5.91 Å². The number of H-pyrrole nitrogens is 1. The Morgan fingerprint density at radius 1 is 1.07 bits per heavy atom. The fraction of sp³-hybridized carbons (Fsp3) is 0.273. The number of amides is 1. The van der Waals surface area contributed by atoms with Crippen LogP contribution in [0.4, 0.5) is 0 Å². The summed E-state index contributed by atoms with van der Waals surface area (Å²) in [6.07, 6.45) is 2.95. The van der Waals surface area contributed by atoms with Crippen LogP contribution in [-0.2, 0) is 16.0 Å². The van der Waals surface area contributed by atoms with E-state index in [1.807, 2.05) is 54.7 Å². The molecule has 0 bridgehead atoms. The Hall–Kier alpha value is -3.08. The summed E-state index contributed by atoms with van der Waals surface area (Å²) in [4.78, 5) is 29.3. The molecule has 2 aromatic carbocycles. The summed E-state index contributed by atoms with van der Waals surface area (Å²) in [6, 6.07) is 17.8. The number of nitrogens with zero attached hydrogens (tertiary/aromatic N) is 1. The zero-order chi connectivity index (χ0) is 18.8. The average molecular weight is 362 g/mol. The molecule has 5 nitrogen and oxygen atoms in total. The second-order valence-electron chi connectivity index (χ2n) is 7.16. The molecule has 3 aromatic rings. The number of aryl methyl sites for hydroxylation is 1. The molecule has 1 amide bonds. The molecule has 2 atom stereocenters. The smallest absolute Gasteiger partial charge is 0.308 e. The van der Waals surface area contributed by atoms with Crippen molar-refractivity contribution >= 4 is 22.8 Å². The number of nitrogens with one attached hydrogen (secondary N) is 1. The van der Waals surface area contributed by atoms with Crippen molar-refractivity contribution in [3.8, 4) is 0 Å². The number of hydrogen-bond donors (Lipinski definition) is 2. The Balaban J connectivity index is 1.43. The number of aromatic amines is 1. The molecule has 0 spiro atoms. The van der Waals surface area contributed by atoms with Crippen LogP contribution in [0.15, 0.2) is 60.8 Å². The number of carboxylic acid groups (broad SMARTS) is 1. The van der Waals surface area contributed by atoms with Gasteiger partial charge >= 0.3 is 5.97 Å². The number of carbonyl (C=O) groups excluding carboxylic acids is 1. The third-order valence-corrected chi connectivity index (χ3v) is 5.46. The molecular weight excluding hydrogens is 340 g/mol. The lowest BCUT2D eigenvalue weighted by Crippen LogP contribution is -2.30. The molecule has 2 heterocycles. The van der Waals surface area contributed by atoms with Crippen molar-refractivity contribution in [2.24, 2.45) is 5.92 Å². The van der Waals surface area contributed by atoms with Gasteiger partial charge < -0.3 is 15.0 Å². The van der Waals surface area contributed by atoms with Crippen LogP contribution in [0.1, 0.15) is 23.5 Å². The second-order valence-corrected chi connectivity index (χ2v) is 7.16. The highest BCUT2D eigenvalue weighted by atomic mass is 16.4. The van der Waals surface area contributed by atoms with E-state index in [9.17, 15) is 14.7 Å². The maximum atomic E-state index is 12.7. The Bertz CT molecular complexity index is 964. The van der Waals surface area contributed by atoms with Gasteiger partial charge in [0, 0.05) is 37.1 Å². The minimum absolute atomic E-state index is 0.0221. The van der Waals surface area contributed by atoms with Crippen molar-refractivity contribution in [1.82, 2.24) is 9.88 Å². The number of aromatic nitrogens is 1. The third-order valence-electron chi connectivity index (χ3n) is 5.46. The molecule has 1 aliphatic rings. The summed E-state index contributed by atoms with van der Waals surface area (Å²) in [6.45, 7) is 0.751. The number of benzene rings is 2. The predicted molar refractivity (Wildman–Crippen MR) is 104 cm³/mol. The molecule has 138 valence electrons. The Morgan fingerprint density at radius 3 is 2.67 bits per heavy atom. The summed E-state index contributed by atoms with van der Waals surface area (Å²) in [5.74, 6) is -1.51. The molecule has 2 N–H and O–H groups in total. The minimum Gasteiger partial charge on any atom is -0.481 e. The van der Waals surface area contributed by atoms with Gasteiger partial charge in [-0.1, -0.05) is 36.4 Å². The van der Waals surface area contributed by atoms with E-state index in [1.54, 1.807) is 4.90 Å². The van der Waals surface area contributed by atoms with Crippen molar-refractivity contribution in [3.63, 3.8) is 0 Å². The number of carbonyl (C=O) groups is 2. The second kappa shape index (κ2) is 7.27. The van der Waals surface area contributed by atoms with Crippen molar-refractivity contribution in [1.29, 1.82) is 0 Å². The number of hydrogen-bond acceptors (Lipinski definition) is 2. The van der Waals surface area contributed by atoms with E-state index < -0.39 is 11.9 Å². The van der Waals surface area contributed by atoms with Crippen molar-refractivity contribution in [3.05, 3.63) is 71.9 Å². The first-order valence-corrected chi connectivity index (χ1v) is 9.23. The summed E-state index contributed by atoms with van der Waals surface area (Å²) >= 11 is 0. The summed E-state index contributed by atoms with van der Waals surface area (Å²) in [5.41, 5.74) is 3.18. The van der Waals surface area contributed by atoms with Gasteiger partial charge in [0.05, 0.1) is 5.92 Å². The first-order chi connectivity index (χ1) is 13.1. The van der Waals surface area contributed by atoms with Crippen LogP contribution in [0.2, 0.25) is 0 Å². The van der Waals surface area contributed by atoms with E-state index in [1.165, 1.54) is 0 Å². The third kappa shape index (κ3) is 3.58. The van der Waals surface area contributed by atoms with Crippen LogP contribution in [0.25, 0.3) is 10.9 Å². The maximum Gasteiger partial charge on any atom is 0.308 e. The number of aliphatic carboxylic acids is 1. The predicted octanol–water partition coefficient (Wildman–Crippen LogP) is 3.43. The zero-order valence-electron chi connectivity index (χ0n) is 15.0. The molecule has 0 aliphatic carbocycles. The van der Waals surface area contributed by atoms with E-state index in [0.29, 0.717) is 19.4 Å². The molecule has 0 radical (unpaired) electrons. The first-order valence-electron chi connectivity index (χ1n) is 9.23. The number of carboxylic acids is 1. The van der Waals surface area contributed by atoms with Crippen molar-refractivity contribution in [2.45, 2.75) is 18.8 Å². The first kappa shape index (κ1) is 17.3. The lowest BCUT2D eigenvalue weighted by molar-refractivity contribution is -0.141. The van der Waals surface area contributed by atoms with Gasteiger partial charge in [0.25, 0.3) is 0 Å². The van der Waals surface area contributed by atoms with Gasteiger partial charge in [-0.3, -0.25) is 9.59 Å². The average Bonchev–Trinajstić information content (AvgIpc) is 3.33. The molecule has 27 heavy (non-hydrogen) atoms. The van der Waals surface area contributed by atoms with Gasteiger partial charge in [0.15, 0.2) is 0 Å². The normalized spacial score (nSPS) is 19.5. The van der Waals surface area contributed by atoms with Gasteiger partial charge in [0.1, 0.15) is 0 Å². The SMILES string of the molecule is O=C(O)C1CN(C(=O)CCc2ccc3[nH]ccc3c2)CC1c1ccccc1. The largest absolute Gasteiger partial charge is 0.481 e. The Morgan fingerprint density at radius 2 is 1.89 bits per heavy atom. The maximum absolute atomic E-state index is 12.7. The van der Waals surface area contributed by atoms with E-state index in [4.69, 9.17) is 0 Å². The van der Waals surface area contributed by atoms with Gasteiger partial charge in [-0.15, -0.1) is 0 Å². The molecule has 2 unspecified atom stereocenters. The van der Waals surface area contributed by atoms with Crippen LogP contribution in [0.3, 0.4) is 0 Å². The van der Waals surface area contributed by atoms with Crippen LogP contribution in [-0.4, -0.2) is 40.0 Å². The molecular formula is C22H22N2O3. The molecule has 1 fully saturated rings. The topological polar surface area (TPSA) is 73.4 Å². The fourth-order valence-corrected chi connectivity index (χ4v) is 3.96. The van der Waals surface area contributed by atoms with Gasteiger partial charge in [-0.05, 0) is 41.1 Å². The van der Waals surface area contributed by atoms with Crippen molar-refractivity contribution < 1.29 is 14.7 Å². The number of rotatable bonds is 5.